The molecular weight excluding hydrogens is 936 g/mol. The van der Waals surface area contributed by atoms with Crippen molar-refractivity contribution in [3.8, 4) is 0 Å². The van der Waals surface area contributed by atoms with Gasteiger partial charge in [-0.05, 0) is 12.8 Å². The molecule has 0 aliphatic rings. The summed E-state index contributed by atoms with van der Waals surface area (Å²) in [6.07, 6.45) is 70.3. The van der Waals surface area contributed by atoms with Crippen LogP contribution in [0.2, 0.25) is 0 Å². The molecule has 9 heteroatoms. The van der Waals surface area contributed by atoms with Crippen molar-refractivity contribution in [2.24, 2.45) is 0 Å². The number of carbonyl (C=O) groups is 1. The van der Waals surface area contributed by atoms with Crippen LogP contribution in [-0.2, 0) is 18.4 Å². The lowest BCUT2D eigenvalue weighted by Gasteiger charge is -2.30. The molecule has 8 nitrogen and oxygen atoms in total. The monoisotopic (exact) mass is 1070 g/mol. The van der Waals surface area contributed by atoms with Crippen LogP contribution in [0.25, 0.3) is 0 Å². The maximum atomic E-state index is 13.0. The average Bonchev–Trinajstić information content (AvgIpc) is 3.36. The minimum atomic E-state index is -4.57. The quantitative estimate of drug-likeness (QED) is 0.0357. The first-order valence-corrected chi connectivity index (χ1v) is 34.8. The number of rotatable bonds is 63. The van der Waals surface area contributed by atoms with Gasteiger partial charge in [-0.3, -0.25) is 9.36 Å². The molecule has 0 aliphatic carbocycles. The highest BCUT2D eigenvalue weighted by Crippen LogP contribution is 2.38. The van der Waals surface area contributed by atoms with E-state index in [0.29, 0.717) is 23.9 Å². The molecule has 0 aliphatic heterocycles. The molecular formula is C65H133N2O6P. The molecule has 0 spiro atoms. The lowest BCUT2D eigenvalue weighted by Crippen LogP contribution is -2.46. The number of nitrogens with zero attached hydrogens (tertiary/aromatic N) is 1. The smallest absolute Gasteiger partial charge is 0.268 e. The first kappa shape index (κ1) is 73.5. The Hall–Kier alpha value is -0.500. The molecule has 0 aromatic rings. The van der Waals surface area contributed by atoms with Crippen molar-refractivity contribution in [1.82, 2.24) is 5.32 Å². The Balaban J connectivity index is 3.98. The van der Waals surface area contributed by atoms with E-state index in [-0.39, 0.29) is 19.1 Å². The van der Waals surface area contributed by atoms with E-state index in [2.05, 4.69) is 19.2 Å². The molecule has 3 atom stereocenters. The van der Waals surface area contributed by atoms with Crippen molar-refractivity contribution in [2.45, 2.75) is 373 Å². The molecule has 0 aromatic heterocycles. The van der Waals surface area contributed by atoms with E-state index in [1.807, 2.05) is 21.1 Å². The standard InChI is InChI=1S/C65H133N2O6P/c1-6-8-10-12-14-16-18-20-22-24-26-28-29-30-31-32-33-34-35-36-37-38-39-40-42-44-46-48-50-52-54-56-58-64(68)63(62-73-74(70,71)72-61-60-67(3,4)5)66-65(69)59-57-55-53-51-49-47-45-43-41-27-25-23-21-19-17-15-13-11-9-7-2/h63-64,68H,6-62H2,1-5H3,(H-,66,69,70,71). The number of hydrogen-bond donors (Lipinski definition) is 2. The van der Waals surface area contributed by atoms with Crippen molar-refractivity contribution in [3.05, 3.63) is 0 Å². The van der Waals surface area contributed by atoms with E-state index in [1.54, 1.807) is 0 Å². The van der Waals surface area contributed by atoms with Crippen molar-refractivity contribution < 1.29 is 32.9 Å². The molecule has 2 N–H and O–H groups in total. The zero-order chi connectivity index (χ0) is 54.2. The summed E-state index contributed by atoms with van der Waals surface area (Å²) in [7, 11) is 1.33. The van der Waals surface area contributed by atoms with Crippen molar-refractivity contribution >= 4 is 13.7 Å². The second-order valence-electron chi connectivity index (χ2n) is 24.5. The second-order valence-corrected chi connectivity index (χ2v) is 26.0. The van der Waals surface area contributed by atoms with Crippen LogP contribution in [0.5, 0.6) is 0 Å². The number of aliphatic hydroxyl groups is 1. The number of phosphoric ester groups is 1. The van der Waals surface area contributed by atoms with Gasteiger partial charge in [-0.15, -0.1) is 0 Å². The molecule has 74 heavy (non-hydrogen) atoms. The topological polar surface area (TPSA) is 108 Å². The maximum Gasteiger partial charge on any atom is 0.268 e. The highest BCUT2D eigenvalue weighted by Gasteiger charge is 2.24. The van der Waals surface area contributed by atoms with Crippen molar-refractivity contribution in [1.29, 1.82) is 0 Å². The summed E-state index contributed by atoms with van der Waals surface area (Å²) in [6.45, 7) is 4.79. The minimum absolute atomic E-state index is 0.0169. The molecule has 3 unspecified atom stereocenters. The summed E-state index contributed by atoms with van der Waals surface area (Å²) in [6, 6.07) is -0.796. The van der Waals surface area contributed by atoms with Crippen LogP contribution < -0.4 is 10.2 Å². The Morgan fingerprint density at radius 3 is 0.919 bits per heavy atom. The number of quaternary nitrogens is 1. The highest BCUT2D eigenvalue weighted by atomic mass is 31.2. The third kappa shape index (κ3) is 59.2. The molecule has 444 valence electrons. The van der Waals surface area contributed by atoms with Crippen LogP contribution in [0.3, 0.4) is 0 Å². The van der Waals surface area contributed by atoms with Gasteiger partial charge in [0, 0.05) is 6.42 Å². The van der Waals surface area contributed by atoms with Gasteiger partial charge in [0.05, 0.1) is 39.9 Å². The summed E-state index contributed by atoms with van der Waals surface area (Å²) < 4.78 is 23.5. The lowest BCUT2D eigenvalue weighted by atomic mass is 10.0. The van der Waals surface area contributed by atoms with Crippen LogP contribution in [0, 0.1) is 0 Å². The van der Waals surface area contributed by atoms with Crippen LogP contribution in [0.1, 0.15) is 361 Å². The molecule has 0 aromatic carbocycles. The summed E-state index contributed by atoms with van der Waals surface area (Å²) in [5, 5.41) is 14.1. The van der Waals surface area contributed by atoms with E-state index in [0.717, 1.165) is 38.5 Å². The summed E-state index contributed by atoms with van der Waals surface area (Å²) in [5.74, 6) is -0.155. The van der Waals surface area contributed by atoms with Gasteiger partial charge in [0.2, 0.25) is 5.91 Å². The molecule has 0 rings (SSSR count). The Morgan fingerprint density at radius 1 is 0.419 bits per heavy atom. The molecule has 0 saturated carbocycles. The van der Waals surface area contributed by atoms with Gasteiger partial charge in [0.15, 0.2) is 0 Å². The summed E-state index contributed by atoms with van der Waals surface area (Å²) in [4.78, 5) is 25.6. The number of likely N-dealkylation sites (N-methyl/N-ethyl adjacent to an activating group) is 1. The van der Waals surface area contributed by atoms with Gasteiger partial charge < -0.3 is 28.8 Å². The van der Waals surface area contributed by atoms with E-state index in [4.69, 9.17) is 9.05 Å². The predicted molar refractivity (Wildman–Crippen MR) is 321 cm³/mol. The lowest BCUT2D eigenvalue weighted by molar-refractivity contribution is -0.870. The Morgan fingerprint density at radius 2 is 0.662 bits per heavy atom. The van der Waals surface area contributed by atoms with Crippen LogP contribution in [-0.4, -0.2) is 68.5 Å². The zero-order valence-electron chi connectivity index (χ0n) is 50.8. The van der Waals surface area contributed by atoms with Crippen LogP contribution in [0.15, 0.2) is 0 Å². The first-order valence-electron chi connectivity index (χ1n) is 33.4. The number of phosphoric acid groups is 1. The fourth-order valence-electron chi connectivity index (χ4n) is 10.6. The van der Waals surface area contributed by atoms with Gasteiger partial charge in [-0.25, -0.2) is 0 Å². The zero-order valence-corrected chi connectivity index (χ0v) is 51.7. The summed E-state index contributed by atoms with van der Waals surface area (Å²) in [5.41, 5.74) is 0. The Kier molecular flexibility index (Phi) is 56.8. The molecule has 0 fully saturated rings. The fraction of sp³-hybridized carbons (Fsp3) is 0.985. The first-order chi connectivity index (χ1) is 36.0. The minimum Gasteiger partial charge on any atom is -0.756 e. The average molecular weight is 1070 g/mol. The van der Waals surface area contributed by atoms with Gasteiger partial charge in [-0.1, -0.05) is 341 Å². The Bertz CT molecular complexity index is 1170. The Labute approximate surface area is 463 Å². The normalized spacial score (nSPS) is 13.7. The molecule has 1 amide bonds. The number of unbranched alkanes of at least 4 members (excludes halogenated alkanes) is 50. The molecule has 0 bridgehead atoms. The SMILES string of the molecule is CCCCCCCCCCCCCCCCCCCCCCCCCCCCCCCCCCC(O)C(COP(=O)([O-])OCC[N+](C)(C)C)NC(=O)CCCCCCCCCCCCCCCCCCCCCC. The number of aliphatic hydroxyl groups excluding tert-OH is 1. The molecule has 0 heterocycles. The maximum absolute atomic E-state index is 13.0. The van der Waals surface area contributed by atoms with E-state index in [1.165, 1.54) is 295 Å². The highest BCUT2D eigenvalue weighted by molar-refractivity contribution is 7.45. The third-order valence-electron chi connectivity index (χ3n) is 15.8. The van der Waals surface area contributed by atoms with Gasteiger partial charge >= 0.3 is 0 Å². The predicted octanol–water partition coefficient (Wildman–Crippen LogP) is 20.1. The van der Waals surface area contributed by atoms with Crippen LogP contribution >= 0.6 is 7.82 Å². The van der Waals surface area contributed by atoms with Gasteiger partial charge in [0.25, 0.3) is 7.82 Å². The number of nitrogens with one attached hydrogen (secondary N) is 1. The van der Waals surface area contributed by atoms with Crippen molar-refractivity contribution in [2.75, 3.05) is 40.9 Å². The molecule has 0 radical (unpaired) electrons. The van der Waals surface area contributed by atoms with Crippen molar-refractivity contribution in [3.63, 3.8) is 0 Å². The largest absolute Gasteiger partial charge is 0.756 e. The van der Waals surface area contributed by atoms with E-state index < -0.39 is 20.0 Å². The van der Waals surface area contributed by atoms with Gasteiger partial charge in [0.1, 0.15) is 13.2 Å². The number of carbonyl (C=O) groups excluding carboxylic acids is 1. The number of amides is 1. The van der Waals surface area contributed by atoms with Crippen LogP contribution in [0.4, 0.5) is 0 Å². The number of hydrogen-bond acceptors (Lipinski definition) is 6. The molecule has 0 saturated heterocycles. The van der Waals surface area contributed by atoms with E-state index in [9.17, 15) is 19.4 Å². The third-order valence-corrected chi connectivity index (χ3v) is 16.8. The fourth-order valence-corrected chi connectivity index (χ4v) is 11.4. The second kappa shape index (κ2) is 57.2. The summed E-state index contributed by atoms with van der Waals surface area (Å²) >= 11 is 0. The van der Waals surface area contributed by atoms with Gasteiger partial charge in [-0.2, -0.15) is 0 Å². The van der Waals surface area contributed by atoms with E-state index >= 15 is 0 Å².